The van der Waals surface area contributed by atoms with Crippen molar-refractivity contribution in [1.29, 1.82) is 0 Å². The fourth-order valence-corrected chi connectivity index (χ4v) is 2.28. The maximum Gasteiger partial charge on any atom is 0.289 e. The molecule has 78 valence electrons. The molecule has 0 unspecified atom stereocenters. The standard InChI is InChI=1S/C9H11Cl2OPS/c1-2-5-8-6-3-4-7-9(8)12-13(10,11)14/h3-4,6-7H,2,5H2,1H3. The fourth-order valence-electron chi connectivity index (χ4n) is 1.18. The SMILES string of the molecule is CCCc1ccccc1OP(=S)(Cl)Cl. The third-order valence-corrected chi connectivity index (χ3v) is 2.74. The van der Waals surface area contributed by atoms with Gasteiger partial charge in [-0.3, -0.25) is 0 Å². The topological polar surface area (TPSA) is 9.23 Å². The first-order chi connectivity index (χ1) is 6.53. The highest BCUT2D eigenvalue weighted by Crippen LogP contribution is 2.57. The molecular weight excluding hydrogens is 258 g/mol. The van der Waals surface area contributed by atoms with Crippen LogP contribution >= 0.6 is 27.5 Å². The van der Waals surface area contributed by atoms with Crippen LogP contribution in [0.5, 0.6) is 5.75 Å². The molecule has 0 aliphatic heterocycles. The molecule has 0 aromatic heterocycles. The van der Waals surface area contributed by atoms with Gasteiger partial charge < -0.3 is 4.52 Å². The first-order valence-electron chi connectivity index (χ1n) is 4.30. The molecule has 0 bridgehead atoms. The van der Waals surface area contributed by atoms with Crippen molar-refractivity contribution in [1.82, 2.24) is 0 Å². The zero-order valence-corrected chi connectivity index (χ0v) is 11.0. The summed E-state index contributed by atoms with van der Waals surface area (Å²) in [6.45, 7) is 2.11. The summed E-state index contributed by atoms with van der Waals surface area (Å²) in [5.74, 6) is 0.711. The molecule has 0 saturated heterocycles. The molecule has 0 amide bonds. The Bertz CT molecular complexity index is 350. The van der Waals surface area contributed by atoms with Gasteiger partial charge in [0.15, 0.2) is 0 Å². The summed E-state index contributed by atoms with van der Waals surface area (Å²) in [5, 5.41) is 0. The first kappa shape index (κ1) is 12.3. The molecule has 0 N–H and O–H groups in total. The predicted molar refractivity (Wildman–Crippen MR) is 67.1 cm³/mol. The Hall–Kier alpha value is 0.250. The van der Waals surface area contributed by atoms with Crippen LogP contribution in [-0.4, -0.2) is 0 Å². The molecular formula is C9H11Cl2OPS. The average Bonchev–Trinajstić information content (AvgIpc) is 2.06. The third-order valence-electron chi connectivity index (χ3n) is 1.70. The molecule has 0 spiro atoms. The minimum Gasteiger partial charge on any atom is -0.441 e. The van der Waals surface area contributed by atoms with Crippen LogP contribution in [-0.2, 0) is 18.2 Å². The number of hydrogen-bond acceptors (Lipinski definition) is 2. The lowest BCUT2D eigenvalue weighted by molar-refractivity contribution is 0.622. The third kappa shape index (κ3) is 4.18. The number of hydrogen-bond donors (Lipinski definition) is 0. The van der Waals surface area contributed by atoms with Crippen molar-refractivity contribution in [2.45, 2.75) is 19.8 Å². The molecule has 0 aliphatic rings. The van der Waals surface area contributed by atoms with E-state index in [1.807, 2.05) is 24.3 Å². The van der Waals surface area contributed by atoms with Gasteiger partial charge in [-0.15, -0.1) is 0 Å². The van der Waals surface area contributed by atoms with Crippen LogP contribution in [0.2, 0.25) is 0 Å². The van der Waals surface area contributed by atoms with Gasteiger partial charge in [-0.25, -0.2) is 0 Å². The van der Waals surface area contributed by atoms with Crippen molar-refractivity contribution in [3.8, 4) is 5.75 Å². The second-order valence-electron chi connectivity index (χ2n) is 2.86. The molecule has 1 aromatic carbocycles. The van der Waals surface area contributed by atoms with Gasteiger partial charge in [0.25, 0.3) is 4.97 Å². The number of para-hydroxylation sites is 1. The smallest absolute Gasteiger partial charge is 0.289 e. The largest absolute Gasteiger partial charge is 0.441 e. The second kappa shape index (κ2) is 5.37. The van der Waals surface area contributed by atoms with E-state index in [0.717, 1.165) is 18.4 Å². The van der Waals surface area contributed by atoms with Gasteiger partial charge in [0, 0.05) is 0 Å². The highest BCUT2D eigenvalue weighted by Gasteiger charge is 2.12. The molecule has 5 heteroatoms. The van der Waals surface area contributed by atoms with Crippen LogP contribution in [0.1, 0.15) is 18.9 Å². The van der Waals surface area contributed by atoms with Crippen molar-refractivity contribution < 1.29 is 4.52 Å². The van der Waals surface area contributed by atoms with Crippen molar-refractivity contribution in [3.05, 3.63) is 29.8 Å². The van der Waals surface area contributed by atoms with E-state index in [0.29, 0.717) is 5.75 Å². The number of rotatable bonds is 4. The summed E-state index contributed by atoms with van der Waals surface area (Å²) in [7, 11) is 0. The van der Waals surface area contributed by atoms with Crippen LogP contribution in [0, 0.1) is 0 Å². The summed E-state index contributed by atoms with van der Waals surface area (Å²) in [6, 6.07) is 7.69. The lowest BCUT2D eigenvalue weighted by Crippen LogP contribution is -1.89. The molecule has 1 rings (SSSR count). The molecule has 0 atom stereocenters. The maximum atomic E-state index is 5.71. The molecule has 0 radical (unpaired) electrons. The normalized spacial score (nSPS) is 11.4. The van der Waals surface area contributed by atoms with E-state index in [-0.39, 0.29) is 0 Å². The van der Waals surface area contributed by atoms with E-state index in [2.05, 4.69) is 6.92 Å². The van der Waals surface area contributed by atoms with E-state index in [1.54, 1.807) is 0 Å². The lowest BCUT2D eigenvalue weighted by Gasteiger charge is -2.12. The first-order valence-corrected chi connectivity index (χ1v) is 8.83. The van der Waals surface area contributed by atoms with Gasteiger partial charge in [-0.05, 0) is 52.3 Å². The van der Waals surface area contributed by atoms with Crippen molar-refractivity contribution >= 4 is 39.3 Å². The van der Waals surface area contributed by atoms with Crippen LogP contribution in [0.4, 0.5) is 0 Å². The average molecular weight is 269 g/mol. The molecule has 14 heavy (non-hydrogen) atoms. The minimum atomic E-state index is -2.66. The Morgan fingerprint density at radius 2 is 2.00 bits per heavy atom. The van der Waals surface area contributed by atoms with Gasteiger partial charge in [0.1, 0.15) is 5.75 Å². The lowest BCUT2D eigenvalue weighted by atomic mass is 10.1. The number of halogens is 2. The van der Waals surface area contributed by atoms with E-state index >= 15 is 0 Å². The van der Waals surface area contributed by atoms with E-state index < -0.39 is 4.97 Å². The minimum absolute atomic E-state index is 0.711. The van der Waals surface area contributed by atoms with Gasteiger partial charge in [0.05, 0.1) is 0 Å². The monoisotopic (exact) mass is 268 g/mol. The van der Waals surface area contributed by atoms with Crippen LogP contribution < -0.4 is 4.52 Å². The van der Waals surface area contributed by atoms with Gasteiger partial charge in [-0.1, -0.05) is 31.5 Å². The Labute approximate surface area is 99.0 Å². The number of benzene rings is 1. The Balaban J connectivity index is 2.90. The Kier molecular flexibility index (Phi) is 4.72. The van der Waals surface area contributed by atoms with E-state index in [4.69, 9.17) is 38.8 Å². The van der Waals surface area contributed by atoms with Gasteiger partial charge in [-0.2, -0.15) is 0 Å². The molecule has 0 saturated carbocycles. The second-order valence-corrected chi connectivity index (χ2v) is 10.00. The summed E-state index contributed by atoms with van der Waals surface area (Å²) >= 11 is 16.2. The molecule has 1 nitrogen and oxygen atoms in total. The van der Waals surface area contributed by atoms with Gasteiger partial charge in [0.2, 0.25) is 0 Å². The highest BCUT2D eigenvalue weighted by molar-refractivity contribution is 8.36. The fraction of sp³-hybridized carbons (Fsp3) is 0.333. The van der Waals surface area contributed by atoms with Crippen LogP contribution in [0.25, 0.3) is 0 Å². The predicted octanol–water partition coefficient (Wildman–Crippen LogP) is 4.72. The zero-order valence-electron chi connectivity index (χ0n) is 7.74. The Morgan fingerprint density at radius 3 is 2.57 bits per heavy atom. The number of aryl methyl sites for hydroxylation is 1. The summed E-state index contributed by atoms with van der Waals surface area (Å²) in [6.07, 6.45) is 1.99. The summed E-state index contributed by atoms with van der Waals surface area (Å²) < 4.78 is 5.34. The van der Waals surface area contributed by atoms with Crippen LogP contribution in [0.3, 0.4) is 0 Å². The van der Waals surface area contributed by atoms with Gasteiger partial charge >= 0.3 is 0 Å². The summed E-state index contributed by atoms with van der Waals surface area (Å²) in [4.78, 5) is -2.66. The zero-order chi connectivity index (χ0) is 10.6. The molecule has 1 aromatic rings. The van der Waals surface area contributed by atoms with E-state index in [1.165, 1.54) is 0 Å². The van der Waals surface area contributed by atoms with Crippen LogP contribution in [0.15, 0.2) is 24.3 Å². The summed E-state index contributed by atoms with van der Waals surface area (Å²) in [5.41, 5.74) is 1.10. The quantitative estimate of drug-likeness (QED) is 0.731. The van der Waals surface area contributed by atoms with Crippen molar-refractivity contribution in [2.24, 2.45) is 0 Å². The molecule has 0 aliphatic carbocycles. The molecule has 0 heterocycles. The van der Waals surface area contributed by atoms with Crippen molar-refractivity contribution in [2.75, 3.05) is 0 Å². The Morgan fingerprint density at radius 1 is 1.36 bits per heavy atom. The van der Waals surface area contributed by atoms with Crippen molar-refractivity contribution in [3.63, 3.8) is 0 Å². The molecule has 0 fully saturated rings. The van der Waals surface area contributed by atoms with E-state index in [9.17, 15) is 0 Å². The highest BCUT2D eigenvalue weighted by atomic mass is 35.9. The maximum absolute atomic E-state index is 5.71.